The second kappa shape index (κ2) is 8.42. The molecule has 0 amide bonds. The average molecular weight is 418 g/mol. The van der Waals surface area contributed by atoms with E-state index < -0.39 is 0 Å². The zero-order chi connectivity index (χ0) is 19.5. The third kappa shape index (κ3) is 4.43. The fraction of sp³-hybridized carbons (Fsp3) is 0.421. The number of benzene rings is 1. The molecule has 0 saturated carbocycles. The fourth-order valence-corrected chi connectivity index (χ4v) is 4.09. The van der Waals surface area contributed by atoms with Gasteiger partial charge >= 0.3 is 0 Å². The molecule has 28 heavy (non-hydrogen) atoms. The van der Waals surface area contributed by atoms with Crippen molar-refractivity contribution in [2.45, 2.75) is 20.0 Å². The van der Waals surface area contributed by atoms with Crippen molar-refractivity contribution in [1.29, 1.82) is 0 Å². The van der Waals surface area contributed by atoms with Gasteiger partial charge in [0.2, 0.25) is 5.89 Å². The molecule has 0 atom stereocenters. The fourth-order valence-electron chi connectivity index (χ4n) is 3.28. The van der Waals surface area contributed by atoms with E-state index in [1.54, 1.807) is 23.1 Å². The Bertz CT molecular complexity index is 971. The van der Waals surface area contributed by atoms with Gasteiger partial charge in [-0.3, -0.25) is 4.90 Å². The molecule has 0 unspecified atom stereocenters. The number of rotatable bonds is 6. The van der Waals surface area contributed by atoms with E-state index in [0.717, 1.165) is 42.6 Å². The molecule has 2 aromatic heterocycles. The Labute approximate surface area is 173 Å². The normalized spacial score (nSPS) is 15.1. The monoisotopic (exact) mass is 417 g/mol. The minimum atomic E-state index is 0.416. The molecule has 4 rings (SSSR count). The summed E-state index contributed by atoms with van der Waals surface area (Å²) in [5.74, 6) is 1.50. The van der Waals surface area contributed by atoms with Gasteiger partial charge in [-0.15, -0.1) is 16.4 Å². The van der Waals surface area contributed by atoms with Crippen LogP contribution in [0.15, 0.2) is 34.1 Å². The van der Waals surface area contributed by atoms with Crippen molar-refractivity contribution >= 4 is 29.2 Å². The number of ether oxygens (including phenoxy) is 1. The number of aromatic nitrogens is 3. The maximum absolute atomic E-state index is 5.66. The van der Waals surface area contributed by atoms with E-state index in [1.165, 1.54) is 5.69 Å². The van der Waals surface area contributed by atoms with Crippen molar-refractivity contribution < 1.29 is 9.15 Å². The lowest BCUT2D eigenvalue weighted by molar-refractivity contribution is 0.192. The molecule has 0 aliphatic carbocycles. The molecular formula is C19H23N5O2S2. The number of methoxy groups -OCH3 is 1. The summed E-state index contributed by atoms with van der Waals surface area (Å²) in [6.45, 7) is 6.45. The van der Waals surface area contributed by atoms with Crippen LogP contribution in [0.2, 0.25) is 0 Å². The highest BCUT2D eigenvalue weighted by atomic mass is 32.1. The number of aryl methyl sites for hydroxylation is 1. The first-order chi connectivity index (χ1) is 13.6. The lowest BCUT2D eigenvalue weighted by Crippen LogP contribution is -2.46. The standard InChI is InChI=1S/C19H23N5O2S2/c1-14-20-15(12-28-14)11-18-21-24(19(27)26-18)13-22-7-9-23(10-8-22)16-3-5-17(25-2)6-4-16/h3-6,12H,7-11,13H2,1-2H3. The van der Waals surface area contributed by atoms with Crippen LogP contribution in [0.1, 0.15) is 16.6 Å². The van der Waals surface area contributed by atoms with E-state index in [-0.39, 0.29) is 0 Å². The highest BCUT2D eigenvalue weighted by molar-refractivity contribution is 7.71. The SMILES string of the molecule is COc1ccc(N2CCN(Cn3nc(Cc4csc(C)n4)oc3=S)CC2)cc1. The van der Waals surface area contributed by atoms with Crippen LogP contribution < -0.4 is 9.64 Å². The van der Waals surface area contributed by atoms with Crippen molar-refractivity contribution in [2.75, 3.05) is 38.2 Å². The number of hydrogen-bond donors (Lipinski definition) is 0. The van der Waals surface area contributed by atoms with E-state index in [9.17, 15) is 0 Å². The quantitative estimate of drug-likeness (QED) is 0.570. The first kappa shape index (κ1) is 19.1. The van der Waals surface area contributed by atoms with Gasteiger partial charge in [-0.2, -0.15) is 0 Å². The first-order valence-corrected chi connectivity index (χ1v) is 10.5. The number of anilines is 1. The van der Waals surface area contributed by atoms with E-state index in [0.29, 0.717) is 23.8 Å². The topological polar surface area (TPSA) is 59.6 Å². The highest BCUT2D eigenvalue weighted by Crippen LogP contribution is 2.21. The Morgan fingerprint density at radius 2 is 1.93 bits per heavy atom. The zero-order valence-electron chi connectivity index (χ0n) is 16.0. The minimum absolute atomic E-state index is 0.416. The van der Waals surface area contributed by atoms with Crippen LogP contribution >= 0.6 is 23.6 Å². The molecule has 148 valence electrons. The van der Waals surface area contributed by atoms with Gasteiger partial charge in [-0.05, 0) is 43.4 Å². The Kier molecular flexibility index (Phi) is 5.74. The first-order valence-electron chi connectivity index (χ1n) is 9.20. The predicted molar refractivity (Wildman–Crippen MR) is 112 cm³/mol. The highest BCUT2D eigenvalue weighted by Gasteiger charge is 2.19. The maximum Gasteiger partial charge on any atom is 0.288 e. The van der Waals surface area contributed by atoms with Crippen molar-refractivity contribution in [3.63, 3.8) is 0 Å². The molecule has 9 heteroatoms. The number of nitrogens with zero attached hydrogens (tertiary/aromatic N) is 5. The molecular weight excluding hydrogens is 394 g/mol. The van der Waals surface area contributed by atoms with Crippen LogP contribution in [0.25, 0.3) is 0 Å². The second-order valence-corrected chi connectivity index (χ2v) is 8.15. The Morgan fingerprint density at radius 1 is 1.18 bits per heavy atom. The van der Waals surface area contributed by atoms with E-state index in [1.807, 2.05) is 24.4 Å². The van der Waals surface area contributed by atoms with E-state index >= 15 is 0 Å². The van der Waals surface area contributed by atoms with Gasteiger partial charge in [0.1, 0.15) is 5.75 Å². The Balaban J connectivity index is 1.33. The maximum atomic E-state index is 5.66. The number of piperazine rings is 1. The van der Waals surface area contributed by atoms with Gasteiger partial charge in [0.15, 0.2) is 0 Å². The van der Waals surface area contributed by atoms with Crippen LogP contribution in [0.3, 0.4) is 0 Å². The molecule has 0 radical (unpaired) electrons. The minimum Gasteiger partial charge on any atom is -0.497 e. The molecule has 0 N–H and O–H groups in total. The number of thiazole rings is 1. The predicted octanol–water partition coefficient (Wildman–Crippen LogP) is 3.35. The van der Waals surface area contributed by atoms with Crippen molar-refractivity contribution in [1.82, 2.24) is 19.7 Å². The summed E-state index contributed by atoms with van der Waals surface area (Å²) in [4.78, 5) is 9.60. The molecule has 0 bridgehead atoms. The summed E-state index contributed by atoms with van der Waals surface area (Å²) < 4.78 is 12.7. The van der Waals surface area contributed by atoms with Gasteiger partial charge in [0.05, 0.1) is 30.9 Å². The van der Waals surface area contributed by atoms with Gasteiger partial charge < -0.3 is 14.1 Å². The summed E-state index contributed by atoms with van der Waals surface area (Å²) in [7, 11) is 1.69. The second-order valence-electron chi connectivity index (χ2n) is 6.74. The van der Waals surface area contributed by atoms with Gasteiger partial charge in [-0.1, -0.05) is 0 Å². The van der Waals surface area contributed by atoms with Crippen LogP contribution in [0.5, 0.6) is 5.75 Å². The van der Waals surface area contributed by atoms with Crippen LogP contribution in [-0.2, 0) is 13.1 Å². The largest absolute Gasteiger partial charge is 0.497 e. The molecule has 1 aliphatic heterocycles. The molecule has 0 spiro atoms. The average Bonchev–Trinajstić information content (AvgIpc) is 3.27. The number of hydrogen-bond acceptors (Lipinski definition) is 8. The molecule has 7 nitrogen and oxygen atoms in total. The summed E-state index contributed by atoms with van der Waals surface area (Å²) in [6, 6.07) is 8.22. The van der Waals surface area contributed by atoms with Crippen LogP contribution in [0, 0.1) is 11.8 Å². The van der Waals surface area contributed by atoms with Gasteiger partial charge in [-0.25, -0.2) is 9.67 Å². The summed E-state index contributed by atoms with van der Waals surface area (Å²) in [5, 5.41) is 7.62. The summed E-state index contributed by atoms with van der Waals surface area (Å²) in [5.41, 5.74) is 2.19. The zero-order valence-corrected chi connectivity index (χ0v) is 17.6. The lowest BCUT2D eigenvalue weighted by atomic mass is 10.2. The smallest absolute Gasteiger partial charge is 0.288 e. The lowest BCUT2D eigenvalue weighted by Gasteiger charge is -2.35. The molecule has 1 saturated heterocycles. The summed E-state index contributed by atoms with van der Waals surface area (Å²) in [6.07, 6.45) is 0.576. The molecule has 3 aromatic rings. The van der Waals surface area contributed by atoms with E-state index in [2.05, 4.69) is 32.0 Å². The van der Waals surface area contributed by atoms with Crippen molar-refractivity contribution in [3.8, 4) is 5.75 Å². The Hall–Kier alpha value is -2.23. The van der Waals surface area contributed by atoms with Gasteiger partial charge in [0.25, 0.3) is 4.84 Å². The summed E-state index contributed by atoms with van der Waals surface area (Å²) >= 11 is 6.98. The molecule has 1 fully saturated rings. The van der Waals surface area contributed by atoms with Crippen LogP contribution in [0.4, 0.5) is 5.69 Å². The third-order valence-corrected chi connectivity index (χ3v) is 5.91. The molecule has 1 aliphatic rings. The molecule has 1 aromatic carbocycles. The Morgan fingerprint density at radius 3 is 2.57 bits per heavy atom. The van der Waals surface area contributed by atoms with Crippen LogP contribution in [-0.4, -0.2) is 53.0 Å². The van der Waals surface area contributed by atoms with Gasteiger partial charge in [0, 0.05) is 37.2 Å². The van der Waals surface area contributed by atoms with Crippen molar-refractivity contribution in [3.05, 3.63) is 51.1 Å². The third-order valence-electron chi connectivity index (χ3n) is 4.79. The van der Waals surface area contributed by atoms with E-state index in [4.69, 9.17) is 21.4 Å². The molecule has 3 heterocycles. The van der Waals surface area contributed by atoms with Crippen molar-refractivity contribution in [2.24, 2.45) is 0 Å².